The number of benzene rings is 2. The van der Waals surface area contributed by atoms with Crippen LogP contribution in [0.25, 0.3) is 6.08 Å². The van der Waals surface area contributed by atoms with Gasteiger partial charge in [0.05, 0.1) is 31.7 Å². The van der Waals surface area contributed by atoms with E-state index in [1.165, 1.54) is 6.08 Å². The maximum absolute atomic E-state index is 13.0. The van der Waals surface area contributed by atoms with Crippen LogP contribution in [0, 0.1) is 11.3 Å². The van der Waals surface area contributed by atoms with Crippen LogP contribution in [0.3, 0.4) is 0 Å². The first kappa shape index (κ1) is 22.0. The first-order chi connectivity index (χ1) is 15.5. The van der Waals surface area contributed by atoms with Crippen molar-refractivity contribution in [1.82, 2.24) is 0 Å². The maximum Gasteiger partial charge on any atom is 0.266 e. The van der Waals surface area contributed by atoms with Gasteiger partial charge < -0.3 is 24.4 Å². The van der Waals surface area contributed by atoms with Gasteiger partial charge in [-0.3, -0.25) is 4.79 Å². The molecule has 2 aromatic rings. The van der Waals surface area contributed by atoms with Gasteiger partial charge in [0, 0.05) is 35.7 Å². The predicted molar refractivity (Wildman–Crippen MR) is 123 cm³/mol. The van der Waals surface area contributed by atoms with Crippen LogP contribution >= 0.6 is 11.6 Å². The highest BCUT2D eigenvalue weighted by Gasteiger charge is 2.23. The molecule has 1 unspecified atom stereocenters. The van der Waals surface area contributed by atoms with Gasteiger partial charge in [0.1, 0.15) is 29.2 Å². The van der Waals surface area contributed by atoms with Crippen molar-refractivity contribution in [3.8, 4) is 17.6 Å². The average Bonchev–Trinajstić information content (AvgIpc) is 3.16. The van der Waals surface area contributed by atoms with E-state index in [1.54, 1.807) is 25.3 Å². The summed E-state index contributed by atoms with van der Waals surface area (Å²) in [4.78, 5) is 15.1. The fourth-order valence-electron chi connectivity index (χ4n) is 3.93. The molecular weight excluding hydrogens is 430 g/mol. The number of amides is 1. The molecule has 1 N–H and O–H groups in total. The summed E-state index contributed by atoms with van der Waals surface area (Å²) in [7, 11) is 1.56. The number of nitrogens with zero attached hydrogens (tertiary/aromatic N) is 2. The number of rotatable bonds is 5. The van der Waals surface area contributed by atoms with E-state index in [-0.39, 0.29) is 11.7 Å². The molecule has 1 saturated heterocycles. The van der Waals surface area contributed by atoms with E-state index in [9.17, 15) is 10.1 Å². The molecule has 4 rings (SSSR count). The first-order valence-electron chi connectivity index (χ1n) is 10.4. The number of nitriles is 1. The van der Waals surface area contributed by atoms with Crippen molar-refractivity contribution in [2.75, 3.05) is 43.6 Å². The van der Waals surface area contributed by atoms with E-state index in [2.05, 4.69) is 10.2 Å². The zero-order valence-electron chi connectivity index (χ0n) is 18.0. The number of carbonyl (C=O) groups is 1. The summed E-state index contributed by atoms with van der Waals surface area (Å²) >= 11 is 6.18. The minimum absolute atomic E-state index is 0.0535. The molecule has 0 aromatic heterocycles. The lowest BCUT2D eigenvalue weighted by Gasteiger charge is -2.30. The van der Waals surface area contributed by atoms with Gasteiger partial charge in [0.25, 0.3) is 5.91 Å². The molecule has 8 heteroatoms. The average molecular weight is 454 g/mol. The van der Waals surface area contributed by atoms with E-state index in [0.717, 1.165) is 23.4 Å². The van der Waals surface area contributed by atoms with Crippen LogP contribution in [0.1, 0.15) is 18.1 Å². The molecule has 0 saturated carbocycles. The largest absolute Gasteiger partial charge is 0.496 e. The Morgan fingerprint density at radius 1 is 1.31 bits per heavy atom. The third-order valence-electron chi connectivity index (χ3n) is 5.47. The van der Waals surface area contributed by atoms with Crippen LogP contribution < -0.4 is 19.7 Å². The third kappa shape index (κ3) is 4.67. The zero-order chi connectivity index (χ0) is 22.7. The van der Waals surface area contributed by atoms with E-state index < -0.39 is 5.91 Å². The fourth-order valence-corrected chi connectivity index (χ4v) is 4.10. The SMILES string of the molecule is COc1cc2c(cc1/C=C(\C#N)C(=O)Nc1cc(Cl)ccc1N1CCOCC1)OC(C)C2. The normalized spacial score (nSPS) is 17.9. The van der Waals surface area contributed by atoms with Crippen molar-refractivity contribution in [2.24, 2.45) is 0 Å². The lowest BCUT2D eigenvalue weighted by atomic mass is 10.0. The molecule has 1 amide bonds. The Hall–Kier alpha value is -3.21. The van der Waals surface area contributed by atoms with Crippen molar-refractivity contribution in [1.29, 1.82) is 5.26 Å². The molecule has 2 aliphatic rings. The predicted octanol–water partition coefficient (Wildman–Crippen LogP) is 4.05. The van der Waals surface area contributed by atoms with Crippen molar-refractivity contribution in [2.45, 2.75) is 19.4 Å². The number of anilines is 2. The number of nitrogens with one attached hydrogen (secondary N) is 1. The summed E-state index contributed by atoms with van der Waals surface area (Å²) in [5.41, 5.74) is 2.97. The summed E-state index contributed by atoms with van der Waals surface area (Å²) in [5, 5.41) is 13.0. The molecule has 1 atom stereocenters. The zero-order valence-corrected chi connectivity index (χ0v) is 18.7. The quantitative estimate of drug-likeness (QED) is 0.543. The van der Waals surface area contributed by atoms with E-state index in [1.807, 2.05) is 25.1 Å². The Labute approximate surface area is 192 Å². The van der Waals surface area contributed by atoms with Gasteiger partial charge in [0.2, 0.25) is 0 Å². The second-order valence-electron chi connectivity index (χ2n) is 7.72. The summed E-state index contributed by atoms with van der Waals surface area (Å²) in [5.74, 6) is 0.798. The molecule has 0 radical (unpaired) electrons. The van der Waals surface area contributed by atoms with Crippen molar-refractivity contribution < 1.29 is 19.0 Å². The highest BCUT2D eigenvalue weighted by atomic mass is 35.5. The summed E-state index contributed by atoms with van der Waals surface area (Å²) in [6.45, 7) is 4.62. The summed E-state index contributed by atoms with van der Waals surface area (Å²) < 4.78 is 16.7. The molecule has 1 fully saturated rings. The number of methoxy groups -OCH3 is 1. The number of halogens is 1. The number of fused-ring (bicyclic) bond motifs is 1. The Balaban J connectivity index is 1.62. The monoisotopic (exact) mass is 453 g/mol. The van der Waals surface area contributed by atoms with Crippen molar-refractivity contribution >= 4 is 35.0 Å². The van der Waals surface area contributed by atoms with Gasteiger partial charge in [-0.15, -0.1) is 0 Å². The maximum atomic E-state index is 13.0. The minimum Gasteiger partial charge on any atom is -0.496 e. The molecule has 0 spiro atoms. The Morgan fingerprint density at radius 2 is 2.09 bits per heavy atom. The van der Waals surface area contributed by atoms with Gasteiger partial charge in [-0.2, -0.15) is 5.26 Å². The van der Waals surface area contributed by atoms with Gasteiger partial charge in [-0.25, -0.2) is 0 Å². The standard InChI is InChI=1S/C24H24ClN3O4/c1-15-9-16-11-22(30-2)17(12-23(16)32-15)10-18(14-26)24(29)27-20-13-19(25)3-4-21(20)28-5-7-31-8-6-28/h3-4,10-13,15H,5-9H2,1-2H3,(H,27,29)/b18-10+. The smallest absolute Gasteiger partial charge is 0.266 e. The molecule has 7 nitrogen and oxygen atoms in total. The van der Waals surface area contributed by atoms with Gasteiger partial charge in [0.15, 0.2) is 0 Å². The van der Waals surface area contributed by atoms with Crippen LogP contribution in [-0.4, -0.2) is 45.4 Å². The van der Waals surface area contributed by atoms with Crippen LogP contribution in [0.5, 0.6) is 11.5 Å². The molecule has 2 aliphatic heterocycles. The third-order valence-corrected chi connectivity index (χ3v) is 5.71. The number of hydrogen-bond donors (Lipinski definition) is 1. The van der Waals surface area contributed by atoms with E-state index in [0.29, 0.717) is 48.3 Å². The van der Waals surface area contributed by atoms with Crippen LogP contribution in [-0.2, 0) is 16.0 Å². The van der Waals surface area contributed by atoms with Crippen molar-refractivity contribution in [3.63, 3.8) is 0 Å². The van der Waals surface area contributed by atoms with Crippen molar-refractivity contribution in [3.05, 3.63) is 52.1 Å². The Kier molecular flexibility index (Phi) is 6.54. The van der Waals surface area contributed by atoms with Crippen LogP contribution in [0.2, 0.25) is 5.02 Å². The van der Waals surface area contributed by atoms with E-state index >= 15 is 0 Å². The van der Waals surface area contributed by atoms with Crippen LogP contribution in [0.15, 0.2) is 35.9 Å². The highest BCUT2D eigenvalue weighted by Crippen LogP contribution is 2.36. The number of hydrogen-bond acceptors (Lipinski definition) is 6. The second-order valence-corrected chi connectivity index (χ2v) is 8.16. The van der Waals surface area contributed by atoms with Gasteiger partial charge >= 0.3 is 0 Å². The van der Waals surface area contributed by atoms with E-state index in [4.69, 9.17) is 25.8 Å². The summed E-state index contributed by atoms with van der Waals surface area (Å²) in [6, 6.07) is 11.0. The molecular formula is C24H24ClN3O4. The lowest BCUT2D eigenvalue weighted by molar-refractivity contribution is -0.112. The topological polar surface area (TPSA) is 83.8 Å². The molecule has 32 heavy (non-hydrogen) atoms. The molecule has 166 valence electrons. The number of morpholine rings is 1. The Morgan fingerprint density at radius 3 is 2.81 bits per heavy atom. The minimum atomic E-state index is -0.527. The number of ether oxygens (including phenoxy) is 3. The first-order valence-corrected chi connectivity index (χ1v) is 10.8. The molecule has 0 aliphatic carbocycles. The van der Waals surface area contributed by atoms with Gasteiger partial charge in [-0.1, -0.05) is 11.6 Å². The number of carbonyl (C=O) groups excluding carboxylic acids is 1. The molecule has 2 aromatic carbocycles. The molecule has 0 bridgehead atoms. The lowest BCUT2D eigenvalue weighted by Crippen LogP contribution is -2.36. The van der Waals surface area contributed by atoms with Crippen LogP contribution in [0.4, 0.5) is 11.4 Å². The van der Waals surface area contributed by atoms with Gasteiger partial charge in [-0.05, 0) is 43.3 Å². The highest BCUT2D eigenvalue weighted by molar-refractivity contribution is 6.31. The Bertz CT molecular complexity index is 1100. The second kappa shape index (κ2) is 9.51. The summed E-state index contributed by atoms with van der Waals surface area (Å²) in [6.07, 6.45) is 2.38. The molecule has 2 heterocycles. The fraction of sp³-hybridized carbons (Fsp3) is 0.333.